The standard InChI is InChI=1S/C13H17F2NO3S/c1-2-16-7-9-5-11(14)13(12(15)6-9)19-10-3-4-20(17,18)8-10/h5-6,10,16H,2-4,7-8H2,1H3. The van der Waals surface area contributed by atoms with Crippen molar-refractivity contribution in [3.63, 3.8) is 0 Å². The number of halogens is 2. The highest BCUT2D eigenvalue weighted by Crippen LogP contribution is 2.27. The maximum absolute atomic E-state index is 13.8. The van der Waals surface area contributed by atoms with Gasteiger partial charge in [0.05, 0.1) is 11.5 Å². The van der Waals surface area contributed by atoms with E-state index in [9.17, 15) is 17.2 Å². The van der Waals surface area contributed by atoms with Gasteiger partial charge in [-0.25, -0.2) is 17.2 Å². The third-order valence-corrected chi connectivity index (χ3v) is 4.85. The van der Waals surface area contributed by atoms with Crippen molar-refractivity contribution in [2.24, 2.45) is 0 Å². The molecule has 1 aromatic carbocycles. The Morgan fingerprint density at radius 2 is 2.00 bits per heavy atom. The smallest absolute Gasteiger partial charge is 0.191 e. The summed E-state index contributed by atoms with van der Waals surface area (Å²) in [7, 11) is -3.14. The lowest BCUT2D eigenvalue weighted by atomic mass is 10.2. The van der Waals surface area contributed by atoms with Gasteiger partial charge in [-0.05, 0) is 30.7 Å². The van der Waals surface area contributed by atoms with Gasteiger partial charge in [-0.1, -0.05) is 6.92 Å². The average Bonchev–Trinajstić information content (AvgIpc) is 2.71. The van der Waals surface area contributed by atoms with E-state index in [4.69, 9.17) is 4.74 Å². The van der Waals surface area contributed by atoms with Crippen molar-refractivity contribution in [2.45, 2.75) is 26.0 Å². The average molecular weight is 305 g/mol. The second-order valence-electron chi connectivity index (χ2n) is 4.81. The van der Waals surface area contributed by atoms with Crippen LogP contribution >= 0.6 is 0 Å². The van der Waals surface area contributed by atoms with Gasteiger partial charge in [0.1, 0.15) is 6.10 Å². The Labute approximate surface area is 117 Å². The van der Waals surface area contributed by atoms with Crippen molar-refractivity contribution < 1.29 is 21.9 Å². The Kier molecular flexibility index (Phi) is 4.59. The first-order valence-corrected chi connectivity index (χ1v) is 8.29. The Hall–Kier alpha value is -1.21. The van der Waals surface area contributed by atoms with E-state index < -0.39 is 33.3 Å². The summed E-state index contributed by atoms with van der Waals surface area (Å²) in [5.41, 5.74) is 0.480. The van der Waals surface area contributed by atoms with Crippen LogP contribution in [0.4, 0.5) is 8.78 Å². The summed E-state index contributed by atoms with van der Waals surface area (Å²) >= 11 is 0. The number of rotatable bonds is 5. The molecule has 1 heterocycles. The van der Waals surface area contributed by atoms with Crippen LogP contribution < -0.4 is 10.1 Å². The summed E-state index contributed by atoms with van der Waals surface area (Å²) in [6, 6.07) is 2.40. The first-order chi connectivity index (χ1) is 9.41. The summed E-state index contributed by atoms with van der Waals surface area (Å²) in [4.78, 5) is 0. The SMILES string of the molecule is CCNCc1cc(F)c(OC2CCS(=O)(=O)C2)c(F)c1. The zero-order chi connectivity index (χ0) is 14.8. The Morgan fingerprint density at radius 1 is 1.35 bits per heavy atom. The minimum atomic E-state index is -3.14. The van der Waals surface area contributed by atoms with Crippen LogP contribution in [0.5, 0.6) is 5.75 Å². The van der Waals surface area contributed by atoms with Gasteiger partial charge in [0, 0.05) is 6.54 Å². The third-order valence-electron chi connectivity index (χ3n) is 3.11. The molecule has 4 nitrogen and oxygen atoms in total. The third kappa shape index (κ3) is 3.67. The maximum atomic E-state index is 13.8. The molecule has 1 fully saturated rings. The summed E-state index contributed by atoms with van der Waals surface area (Å²) in [6.45, 7) is 2.95. The van der Waals surface area contributed by atoms with E-state index in [2.05, 4.69) is 5.32 Å². The molecule has 1 saturated heterocycles. The lowest BCUT2D eigenvalue weighted by molar-refractivity contribution is 0.207. The topological polar surface area (TPSA) is 55.4 Å². The summed E-state index contributed by atoms with van der Waals surface area (Å²) in [5, 5.41) is 2.97. The zero-order valence-corrected chi connectivity index (χ0v) is 12.0. The summed E-state index contributed by atoms with van der Waals surface area (Å²) in [6.07, 6.45) is -0.413. The molecular formula is C13H17F2NO3S. The van der Waals surface area contributed by atoms with Crippen LogP contribution in [0.3, 0.4) is 0 Å². The molecule has 0 bridgehead atoms. The van der Waals surface area contributed by atoms with Crippen molar-refractivity contribution in [3.05, 3.63) is 29.3 Å². The van der Waals surface area contributed by atoms with Crippen molar-refractivity contribution in [1.82, 2.24) is 5.32 Å². The number of hydrogen-bond acceptors (Lipinski definition) is 4. The zero-order valence-electron chi connectivity index (χ0n) is 11.2. The summed E-state index contributed by atoms with van der Waals surface area (Å²) in [5.74, 6) is -2.29. The quantitative estimate of drug-likeness (QED) is 0.898. The van der Waals surface area contributed by atoms with E-state index in [1.165, 1.54) is 12.1 Å². The van der Waals surface area contributed by atoms with Gasteiger partial charge in [0.2, 0.25) is 0 Å². The maximum Gasteiger partial charge on any atom is 0.191 e. The Morgan fingerprint density at radius 3 is 2.50 bits per heavy atom. The molecule has 1 unspecified atom stereocenters. The monoisotopic (exact) mass is 305 g/mol. The normalized spacial score (nSPS) is 21.1. The second-order valence-corrected chi connectivity index (χ2v) is 7.04. The van der Waals surface area contributed by atoms with Crippen LogP contribution in [0.15, 0.2) is 12.1 Å². The highest BCUT2D eigenvalue weighted by molar-refractivity contribution is 7.91. The highest BCUT2D eigenvalue weighted by Gasteiger charge is 2.30. The molecule has 0 spiro atoms. The second kappa shape index (κ2) is 6.05. The van der Waals surface area contributed by atoms with Gasteiger partial charge in [0.25, 0.3) is 0 Å². The van der Waals surface area contributed by atoms with Crippen molar-refractivity contribution in [3.8, 4) is 5.75 Å². The molecule has 0 saturated carbocycles. The molecule has 0 aromatic heterocycles. The molecule has 0 radical (unpaired) electrons. The van der Waals surface area contributed by atoms with Gasteiger partial charge < -0.3 is 10.1 Å². The lowest BCUT2D eigenvalue weighted by Gasteiger charge is -2.14. The van der Waals surface area contributed by atoms with Crippen LogP contribution in [0.1, 0.15) is 18.9 Å². The molecule has 7 heteroatoms. The van der Waals surface area contributed by atoms with Gasteiger partial charge in [-0.15, -0.1) is 0 Å². The number of nitrogens with one attached hydrogen (secondary N) is 1. The molecule has 1 N–H and O–H groups in total. The first kappa shape index (κ1) is 15.2. The molecule has 1 aliphatic rings. The van der Waals surface area contributed by atoms with E-state index in [0.29, 0.717) is 18.7 Å². The minimum Gasteiger partial charge on any atom is -0.483 e. The first-order valence-electron chi connectivity index (χ1n) is 6.47. The van der Waals surface area contributed by atoms with E-state index in [1.54, 1.807) is 0 Å². The number of benzene rings is 1. The molecule has 20 heavy (non-hydrogen) atoms. The molecule has 1 atom stereocenters. The number of sulfone groups is 1. The molecule has 1 aromatic rings. The Bertz CT molecular complexity index is 566. The molecule has 2 rings (SSSR count). The van der Waals surface area contributed by atoms with Crippen LogP contribution in [-0.2, 0) is 16.4 Å². The fraction of sp³-hybridized carbons (Fsp3) is 0.538. The van der Waals surface area contributed by atoms with E-state index >= 15 is 0 Å². The summed E-state index contributed by atoms with van der Waals surface area (Å²) < 4.78 is 55.5. The number of hydrogen-bond donors (Lipinski definition) is 1. The predicted octanol–water partition coefficient (Wildman–Crippen LogP) is 1.64. The fourth-order valence-electron chi connectivity index (χ4n) is 2.12. The van der Waals surface area contributed by atoms with Gasteiger partial charge in [-0.3, -0.25) is 0 Å². The Balaban J connectivity index is 2.12. The van der Waals surface area contributed by atoms with E-state index in [-0.39, 0.29) is 17.9 Å². The van der Waals surface area contributed by atoms with Gasteiger partial charge in [0.15, 0.2) is 27.2 Å². The molecule has 0 amide bonds. The van der Waals surface area contributed by atoms with E-state index in [1.807, 2.05) is 6.92 Å². The number of ether oxygens (including phenoxy) is 1. The molecule has 1 aliphatic heterocycles. The predicted molar refractivity (Wildman–Crippen MR) is 71.4 cm³/mol. The van der Waals surface area contributed by atoms with Crippen LogP contribution in [0.25, 0.3) is 0 Å². The van der Waals surface area contributed by atoms with Gasteiger partial charge in [-0.2, -0.15) is 0 Å². The minimum absolute atomic E-state index is 0.000587. The molecule has 0 aliphatic carbocycles. The van der Waals surface area contributed by atoms with Crippen molar-refractivity contribution >= 4 is 9.84 Å². The highest BCUT2D eigenvalue weighted by atomic mass is 32.2. The molecule has 112 valence electrons. The van der Waals surface area contributed by atoms with Crippen LogP contribution in [0.2, 0.25) is 0 Å². The van der Waals surface area contributed by atoms with Crippen LogP contribution in [0, 0.1) is 11.6 Å². The van der Waals surface area contributed by atoms with Crippen molar-refractivity contribution in [2.75, 3.05) is 18.1 Å². The van der Waals surface area contributed by atoms with Crippen LogP contribution in [-0.4, -0.2) is 32.6 Å². The molecular weight excluding hydrogens is 288 g/mol. The fourth-order valence-corrected chi connectivity index (χ4v) is 3.71. The largest absolute Gasteiger partial charge is 0.483 e. The van der Waals surface area contributed by atoms with E-state index in [0.717, 1.165) is 0 Å². The lowest BCUT2D eigenvalue weighted by Crippen LogP contribution is -2.19. The van der Waals surface area contributed by atoms with Crippen molar-refractivity contribution in [1.29, 1.82) is 0 Å². The van der Waals surface area contributed by atoms with Gasteiger partial charge >= 0.3 is 0 Å².